The number of hydrogen-bond acceptors (Lipinski definition) is 1. The van der Waals surface area contributed by atoms with Crippen LogP contribution in [-0.2, 0) is 4.79 Å². The third kappa shape index (κ3) is 3.57. The van der Waals surface area contributed by atoms with Crippen molar-refractivity contribution < 1.29 is 4.79 Å². The molecule has 4 aliphatic rings. The van der Waals surface area contributed by atoms with E-state index in [4.69, 9.17) is 0 Å². The van der Waals surface area contributed by atoms with Crippen molar-refractivity contribution in [2.24, 2.45) is 46.3 Å². The zero-order valence-electron chi connectivity index (χ0n) is 20.2. The van der Waals surface area contributed by atoms with Gasteiger partial charge in [0.2, 0.25) is 0 Å². The van der Waals surface area contributed by atoms with Crippen molar-refractivity contribution in [3.05, 3.63) is 11.1 Å². The molecule has 0 saturated heterocycles. The summed E-state index contributed by atoms with van der Waals surface area (Å²) in [5.41, 5.74) is 4.67. The summed E-state index contributed by atoms with van der Waals surface area (Å²) in [7, 11) is 0. The van der Waals surface area contributed by atoms with Gasteiger partial charge in [0.1, 0.15) is 5.78 Å². The molecule has 0 bridgehead atoms. The van der Waals surface area contributed by atoms with Crippen molar-refractivity contribution >= 4 is 5.78 Å². The van der Waals surface area contributed by atoms with E-state index in [0.29, 0.717) is 22.5 Å². The number of ketones is 1. The largest absolute Gasteiger partial charge is 0.300 e. The maximum atomic E-state index is 12.1. The molecular weight excluding hydrogens is 352 g/mol. The van der Waals surface area contributed by atoms with Gasteiger partial charge in [0.05, 0.1) is 0 Å². The maximum absolute atomic E-state index is 12.1. The molecule has 0 aromatic heterocycles. The van der Waals surface area contributed by atoms with Crippen molar-refractivity contribution in [1.82, 2.24) is 0 Å². The molecule has 1 nitrogen and oxygen atoms in total. The Kier molecular flexibility index (Phi) is 5.84. The Labute approximate surface area is 180 Å². The monoisotopic (exact) mass is 398 g/mol. The van der Waals surface area contributed by atoms with Crippen LogP contribution in [0, 0.1) is 46.3 Å². The van der Waals surface area contributed by atoms with Crippen molar-refractivity contribution in [1.29, 1.82) is 0 Å². The van der Waals surface area contributed by atoms with E-state index in [-0.39, 0.29) is 0 Å². The predicted octanol–water partition coefficient (Wildman–Crippen LogP) is 7.99. The molecule has 0 aromatic rings. The Morgan fingerprint density at radius 3 is 2.41 bits per heavy atom. The lowest BCUT2D eigenvalue weighted by atomic mass is 9.49. The third-order valence-electron chi connectivity index (χ3n) is 10.8. The Morgan fingerprint density at radius 2 is 1.69 bits per heavy atom. The van der Waals surface area contributed by atoms with E-state index in [1.165, 1.54) is 51.4 Å². The van der Waals surface area contributed by atoms with Gasteiger partial charge >= 0.3 is 0 Å². The zero-order valence-corrected chi connectivity index (χ0v) is 20.2. The van der Waals surface area contributed by atoms with Crippen molar-refractivity contribution in [2.75, 3.05) is 0 Å². The standard InChI is InChI=1S/C28H46O/c1-18(2)19(3)7-8-20(4)24-11-12-25-23-10-9-21-17-22(29)13-15-27(21,5)26(23)14-16-28(24,25)6/h18-21,24,26H,7-17H2,1-6H3/t19-,20+,21-,24-,26+,27-,28+/m0/s1. The third-order valence-corrected chi connectivity index (χ3v) is 10.8. The summed E-state index contributed by atoms with van der Waals surface area (Å²) in [6.07, 6.45) is 13.9. The lowest BCUT2D eigenvalue weighted by Crippen LogP contribution is -2.47. The number of Topliss-reactive ketones (excluding diaryl/α,β-unsaturated/α-hetero) is 1. The molecule has 7 atom stereocenters. The first kappa shape index (κ1) is 21.6. The van der Waals surface area contributed by atoms with Crippen molar-refractivity contribution in [3.63, 3.8) is 0 Å². The predicted molar refractivity (Wildman–Crippen MR) is 123 cm³/mol. The SMILES string of the molecule is CC(C)[C@@H](C)CC[C@@H](C)[C@@H]1CCC2=C3CC[C@H]4CC(=O)CC[C@]4(C)[C@@H]3CC[C@@]21C. The summed E-state index contributed by atoms with van der Waals surface area (Å²) in [5.74, 6) is 5.40. The summed E-state index contributed by atoms with van der Waals surface area (Å²) in [6.45, 7) is 15.0. The molecule has 0 amide bonds. The number of rotatable bonds is 5. The van der Waals surface area contributed by atoms with Crippen LogP contribution < -0.4 is 0 Å². The van der Waals surface area contributed by atoms with E-state index < -0.39 is 0 Å². The van der Waals surface area contributed by atoms with Gasteiger partial charge in [-0.25, -0.2) is 0 Å². The lowest BCUT2D eigenvalue weighted by Gasteiger charge is -2.56. The Hall–Kier alpha value is -0.590. The molecule has 164 valence electrons. The minimum absolute atomic E-state index is 0.409. The van der Waals surface area contributed by atoms with Crippen LogP contribution in [0.2, 0.25) is 0 Å². The number of carbonyl (C=O) groups is 1. The highest BCUT2D eigenvalue weighted by Gasteiger charge is 2.55. The van der Waals surface area contributed by atoms with Gasteiger partial charge in [-0.2, -0.15) is 0 Å². The molecule has 3 fully saturated rings. The van der Waals surface area contributed by atoms with Gasteiger partial charge in [0.15, 0.2) is 0 Å². The molecule has 0 aliphatic heterocycles. The summed E-state index contributed by atoms with van der Waals surface area (Å²) in [4.78, 5) is 12.1. The van der Waals surface area contributed by atoms with Crippen molar-refractivity contribution in [2.45, 2.75) is 112 Å². The van der Waals surface area contributed by atoms with Gasteiger partial charge in [0.25, 0.3) is 0 Å². The number of hydrogen-bond donors (Lipinski definition) is 0. The van der Waals surface area contributed by atoms with Crippen LogP contribution in [-0.4, -0.2) is 5.78 Å². The van der Waals surface area contributed by atoms with E-state index in [0.717, 1.165) is 48.9 Å². The molecule has 3 saturated carbocycles. The van der Waals surface area contributed by atoms with E-state index >= 15 is 0 Å². The highest BCUT2D eigenvalue weighted by molar-refractivity contribution is 5.79. The van der Waals surface area contributed by atoms with E-state index in [1.807, 2.05) is 11.1 Å². The van der Waals surface area contributed by atoms with Gasteiger partial charge in [-0.05, 0) is 91.3 Å². The molecule has 0 N–H and O–H groups in total. The van der Waals surface area contributed by atoms with Gasteiger partial charge in [0, 0.05) is 12.8 Å². The highest BCUT2D eigenvalue weighted by Crippen LogP contribution is 2.65. The van der Waals surface area contributed by atoms with Gasteiger partial charge < -0.3 is 0 Å². The summed E-state index contributed by atoms with van der Waals surface area (Å²) in [6, 6.07) is 0. The van der Waals surface area contributed by atoms with Crippen LogP contribution in [0.5, 0.6) is 0 Å². The molecule has 0 unspecified atom stereocenters. The fourth-order valence-corrected chi connectivity index (χ4v) is 8.29. The first-order valence-electron chi connectivity index (χ1n) is 12.9. The molecule has 4 rings (SSSR count). The number of fused-ring (bicyclic) bond motifs is 4. The average Bonchev–Trinajstić information content (AvgIpc) is 3.03. The van der Waals surface area contributed by atoms with Crippen LogP contribution in [0.15, 0.2) is 11.1 Å². The molecule has 0 spiro atoms. The van der Waals surface area contributed by atoms with Crippen LogP contribution >= 0.6 is 0 Å². The second kappa shape index (κ2) is 7.83. The minimum atomic E-state index is 0.409. The highest BCUT2D eigenvalue weighted by atomic mass is 16.1. The molecule has 0 aromatic carbocycles. The smallest absolute Gasteiger partial charge is 0.133 e. The second-order valence-corrected chi connectivity index (χ2v) is 12.4. The summed E-state index contributed by atoms with van der Waals surface area (Å²) < 4.78 is 0. The van der Waals surface area contributed by atoms with E-state index in [9.17, 15) is 4.79 Å². The molecule has 0 heterocycles. The molecular formula is C28H46O. The van der Waals surface area contributed by atoms with Gasteiger partial charge in [-0.1, -0.05) is 65.5 Å². The number of carbonyl (C=O) groups excluding carboxylic acids is 1. The maximum Gasteiger partial charge on any atom is 0.133 e. The normalized spacial score (nSPS) is 41.8. The zero-order chi connectivity index (χ0) is 21.0. The fourth-order valence-electron chi connectivity index (χ4n) is 8.29. The first-order valence-corrected chi connectivity index (χ1v) is 12.9. The first-order chi connectivity index (χ1) is 13.7. The summed E-state index contributed by atoms with van der Waals surface area (Å²) in [5, 5.41) is 0. The second-order valence-electron chi connectivity index (χ2n) is 12.4. The van der Waals surface area contributed by atoms with Crippen LogP contribution in [0.4, 0.5) is 0 Å². The average molecular weight is 399 g/mol. The van der Waals surface area contributed by atoms with Gasteiger partial charge in [-0.3, -0.25) is 4.79 Å². The minimum Gasteiger partial charge on any atom is -0.300 e. The molecule has 1 heteroatoms. The molecule has 0 radical (unpaired) electrons. The van der Waals surface area contributed by atoms with Crippen LogP contribution in [0.3, 0.4) is 0 Å². The van der Waals surface area contributed by atoms with Crippen LogP contribution in [0.1, 0.15) is 112 Å². The Bertz CT molecular complexity index is 672. The Morgan fingerprint density at radius 1 is 0.931 bits per heavy atom. The van der Waals surface area contributed by atoms with E-state index in [1.54, 1.807) is 0 Å². The molecule has 4 aliphatic carbocycles. The van der Waals surface area contributed by atoms with Crippen LogP contribution in [0.25, 0.3) is 0 Å². The topological polar surface area (TPSA) is 17.1 Å². The lowest BCUT2D eigenvalue weighted by molar-refractivity contribution is -0.127. The summed E-state index contributed by atoms with van der Waals surface area (Å²) >= 11 is 0. The fraction of sp³-hybridized carbons (Fsp3) is 0.893. The van der Waals surface area contributed by atoms with Crippen molar-refractivity contribution in [3.8, 4) is 0 Å². The molecule has 29 heavy (non-hydrogen) atoms. The Balaban J connectivity index is 1.54. The number of allylic oxidation sites excluding steroid dienone is 2. The van der Waals surface area contributed by atoms with Gasteiger partial charge in [-0.15, -0.1) is 0 Å². The quantitative estimate of drug-likeness (QED) is 0.429. The van der Waals surface area contributed by atoms with E-state index in [2.05, 4.69) is 41.5 Å².